The summed E-state index contributed by atoms with van der Waals surface area (Å²) in [5.74, 6) is -0.145. The molecule has 1 aliphatic rings. The van der Waals surface area contributed by atoms with Gasteiger partial charge in [-0.25, -0.2) is 0 Å². The van der Waals surface area contributed by atoms with Crippen LogP contribution in [0.5, 0.6) is 0 Å². The maximum absolute atomic E-state index is 10.8. The van der Waals surface area contributed by atoms with Crippen molar-refractivity contribution in [3.63, 3.8) is 0 Å². The highest BCUT2D eigenvalue weighted by Crippen LogP contribution is 2.40. The lowest BCUT2D eigenvalue weighted by molar-refractivity contribution is -0.133. The molecule has 0 amide bonds. The highest BCUT2D eigenvalue weighted by atomic mass is 32.2. The van der Waals surface area contributed by atoms with Gasteiger partial charge in [-0.3, -0.25) is 9.48 Å². The first kappa shape index (κ1) is 14.2. The molecule has 1 aromatic carbocycles. The summed E-state index contributed by atoms with van der Waals surface area (Å²) < 4.78 is 1.94. The van der Waals surface area contributed by atoms with Crippen LogP contribution in [0.2, 0.25) is 0 Å². The van der Waals surface area contributed by atoms with Crippen molar-refractivity contribution in [3.8, 4) is 0 Å². The Morgan fingerprint density at radius 3 is 2.71 bits per heavy atom. The minimum absolute atomic E-state index is 0.0731. The second-order valence-corrected chi connectivity index (χ2v) is 6.50. The van der Waals surface area contributed by atoms with E-state index < -0.39 is 5.97 Å². The van der Waals surface area contributed by atoms with E-state index in [2.05, 4.69) is 42.4 Å². The van der Waals surface area contributed by atoms with Crippen molar-refractivity contribution in [2.45, 2.75) is 37.3 Å². The zero-order chi connectivity index (χ0) is 14.8. The molecule has 0 spiro atoms. The number of aryl methyl sites for hydroxylation is 1. The summed E-state index contributed by atoms with van der Waals surface area (Å²) in [4.78, 5) is 10.8. The number of rotatable bonds is 6. The van der Waals surface area contributed by atoms with E-state index in [1.165, 1.54) is 35.7 Å². The Kier molecular flexibility index (Phi) is 4.01. The van der Waals surface area contributed by atoms with Gasteiger partial charge in [0, 0.05) is 5.92 Å². The summed E-state index contributed by atoms with van der Waals surface area (Å²) in [5.41, 5.74) is 3.52. The van der Waals surface area contributed by atoms with Crippen LogP contribution >= 0.6 is 11.8 Å². The molecule has 1 N–H and O–H groups in total. The summed E-state index contributed by atoms with van der Waals surface area (Å²) in [6.45, 7) is 2.76. The van der Waals surface area contributed by atoms with Crippen LogP contribution < -0.4 is 0 Å². The van der Waals surface area contributed by atoms with E-state index in [1.807, 2.05) is 4.68 Å². The van der Waals surface area contributed by atoms with Gasteiger partial charge in [0.2, 0.25) is 0 Å². The molecule has 5 heteroatoms. The summed E-state index contributed by atoms with van der Waals surface area (Å²) >= 11 is 1.34. The van der Waals surface area contributed by atoms with E-state index >= 15 is 0 Å². The van der Waals surface area contributed by atoms with E-state index in [4.69, 9.17) is 5.11 Å². The molecular weight excluding hydrogens is 284 g/mol. The highest BCUT2D eigenvalue weighted by molar-refractivity contribution is 7.99. The Morgan fingerprint density at radius 2 is 2.10 bits per heavy atom. The Labute approximate surface area is 128 Å². The molecule has 0 saturated heterocycles. The molecule has 0 bridgehead atoms. The van der Waals surface area contributed by atoms with Crippen LogP contribution in [0.15, 0.2) is 35.4 Å². The number of benzene rings is 1. The van der Waals surface area contributed by atoms with Crippen molar-refractivity contribution < 1.29 is 9.90 Å². The third-order valence-electron chi connectivity index (χ3n) is 3.55. The number of thioether (sulfide) groups is 1. The molecule has 0 radical (unpaired) electrons. The first-order valence-electron chi connectivity index (χ1n) is 7.09. The Balaban J connectivity index is 1.80. The average Bonchev–Trinajstić information content (AvgIpc) is 3.22. The first-order chi connectivity index (χ1) is 10.1. The molecule has 2 aromatic rings. The lowest BCUT2D eigenvalue weighted by Crippen LogP contribution is -2.05. The van der Waals surface area contributed by atoms with Gasteiger partial charge in [0.25, 0.3) is 0 Å². The second kappa shape index (κ2) is 5.93. The third-order valence-corrected chi connectivity index (χ3v) is 4.57. The van der Waals surface area contributed by atoms with Crippen LogP contribution in [0.1, 0.15) is 35.6 Å². The van der Waals surface area contributed by atoms with E-state index in [-0.39, 0.29) is 5.75 Å². The quantitative estimate of drug-likeness (QED) is 0.832. The van der Waals surface area contributed by atoms with Gasteiger partial charge >= 0.3 is 5.97 Å². The minimum atomic E-state index is -0.795. The zero-order valence-electron chi connectivity index (χ0n) is 12.0. The molecular formula is C16H18N2O2S. The number of hydrogen-bond donors (Lipinski definition) is 1. The molecule has 1 aliphatic carbocycles. The van der Waals surface area contributed by atoms with Crippen molar-refractivity contribution in [2.75, 3.05) is 5.75 Å². The lowest BCUT2D eigenvalue weighted by atomic mass is 10.1. The van der Waals surface area contributed by atoms with Gasteiger partial charge in [-0.1, -0.05) is 41.6 Å². The fourth-order valence-corrected chi connectivity index (χ4v) is 2.96. The van der Waals surface area contributed by atoms with Crippen LogP contribution in [-0.4, -0.2) is 26.6 Å². The predicted molar refractivity (Wildman–Crippen MR) is 82.8 cm³/mol. The first-order valence-corrected chi connectivity index (χ1v) is 8.08. The summed E-state index contributed by atoms with van der Waals surface area (Å²) in [6, 6.07) is 10.4. The number of nitrogens with zero attached hydrogens (tertiary/aromatic N) is 2. The molecule has 1 saturated carbocycles. The Hall–Kier alpha value is -1.75. The van der Waals surface area contributed by atoms with Gasteiger partial charge in [-0.2, -0.15) is 5.10 Å². The minimum Gasteiger partial charge on any atom is -0.481 e. The monoisotopic (exact) mass is 302 g/mol. The van der Waals surface area contributed by atoms with E-state index in [0.29, 0.717) is 12.5 Å². The van der Waals surface area contributed by atoms with Crippen LogP contribution in [0, 0.1) is 6.92 Å². The van der Waals surface area contributed by atoms with Crippen LogP contribution in [-0.2, 0) is 11.3 Å². The van der Waals surface area contributed by atoms with Crippen molar-refractivity contribution in [1.29, 1.82) is 0 Å². The molecule has 0 unspecified atom stereocenters. The van der Waals surface area contributed by atoms with E-state index in [0.717, 1.165) is 10.7 Å². The molecule has 0 aliphatic heterocycles. The number of carbonyl (C=O) groups is 1. The SMILES string of the molecule is Cc1ccc(Cn2nc(C3CC3)cc2SCC(=O)O)cc1. The van der Waals surface area contributed by atoms with Crippen LogP contribution in [0.25, 0.3) is 0 Å². The van der Waals surface area contributed by atoms with Crippen molar-refractivity contribution in [2.24, 2.45) is 0 Å². The van der Waals surface area contributed by atoms with Gasteiger partial charge in [0.1, 0.15) is 0 Å². The molecule has 110 valence electrons. The van der Waals surface area contributed by atoms with Gasteiger partial charge in [-0.05, 0) is 31.4 Å². The molecule has 1 aromatic heterocycles. The third kappa shape index (κ3) is 3.67. The van der Waals surface area contributed by atoms with Crippen molar-refractivity contribution in [3.05, 3.63) is 47.2 Å². The van der Waals surface area contributed by atoms with Crippen LogP contribution in [0.3, 0.4) is 0 Å². The molecule has 21 heavy (non-hydrogen) atoms. The molecule has 4 nitrogen and oxygen atoms in total. The second-order valence-electron chi connectivity index (χ2n) is 5.51. The number of hydrogen-bond acceptors (Lipinski definition) is 3. The number of aromatic nitrogens is 2. The summed E-state index contributed by atoms with van der Waals surface area (Å²) in [5, 5.41) is 14.5. The lowest BCUT2D eigenvalue weighted by Gasteiger charge is -2.06. The highest BCUT2D eigenvalue weighted by Gasteiger charge is 2.27. The molecule has 3 rings (SSSR count). The van der Waals surface area contributed by atoms with Crippen molar-refractivity contribution in [1.82, 2.24) is 9.78 Å². The molecule has 0 atom stereocenters. The zero-order valence-corrected chi connectivity index (χ0v) is 12.8. The number of aliphatic carboxylic acids is 1. The maximum atomic E-state index is 10.8. The maximum Gasteiger partial charge on any atom is 0.313 e. The fourth-order valence-electron chi connectivity index (χ4n) is 2.23. The topological polar surface area (TPSA) is 55.1 Å². The van der Waals surface area contributed by atoms with E-state index in [9.17, 15) is 4.79 Å². The standard InChI is InChI=1S/C16H18N2O2S/c1-11-2-4-12(5-3-11)9-18-15(21-10-16(19)20)8-14(17-18)13-6-7-13/h2-5,8,13H,6-7,9-10H2,1H3,(H,19,20). The summed E-state index contributed by atoms with van der Waals surface area (Å²) in [6.07, 6.45) is 2.40. The fraction of sp³-hybridized carbons (Fsp3) is 0.375. The Bertz CT molecular complexity index is 645. The smallest absolute Gasteiger partial charge is 0.313 e. The largest absolute Gasteiger partial charge is 0.481 e. The number of carboxylic acids is 1. The predicted octanol–water partition coefficient (Wildman–Crippen LogP) is 3.29. The summed E-state index contributed by atoms with van der Waals surface area (Å²) in [7, 11) is 0. The van der Waals surface area contributed by atoms with Gasteiger partial charge in [-0.15, -0.1) is 0 Å². The van der Waals surface area contributed by atoms with Gasteiger partial charge < -0.3 is 5.11 Å². The van der Waals surface area contributed by atoms with Crippen molar-refractivity contribution >= 4 is 17.7 Å². The molecule has 1 fully saturated rings. The van der Waals surface area contributed by atoms with Gasteiger partial charge in [0.15, 0.2) is 0 Å². The van der Waals surface area contributed by atoms with E-state index in [1.54, 1.807) is 0 Å². The number of carboxylic acid groups (broad SMARTS) is 1. The van der Waals surface area contributed by atoms with Gasteiger partial charge in [0.05, 0.1) is 23.0 Å². The normalized spacial score (nSPS) is 14.3. The van der Waals surface area contributed by atoms with Crippen LogP contribution in [0.4, 0.5) is 0 Å². The average molecular weight is 302 g/mol. The Morgan fingerprint density at radius 1 is 1.38 bits per heavy atom. The molecule has 1 heterocycles.